The molecule has 0 saturated carbocycles. The van der Waals surface area contributed by atoms with E-state index in [-0.39, 0.29) is 12.4 Å². The van der Waals surface area contributed by atoms with E-state index in [1.54, 1.807) is 0 Å². The minimum atomic E-state index is -5.29. The van der Waals surface area contributed by atoms with Crippen LogP contribution in [0.1, 0.15) is 22.5 Å². The molecule has 0 radical (unpaired) electrons. The van der Waals surface area contributed by atoms with Crippen LogP contribution in [0.4, 0.5) is 26.3 Å². The van der Waals surface area contributed by atoms with Gasteiger partial charge >= 0.3 is 6.36 Å². The van der Waals surface area contributed by atoms with E-state index in [1.165, 1.54) is 0 Å². The fourth-order valence-electron chi connectivity index (χ4n) is 1.01. The molecular formula is C8H3F6NO2. The molecular weight excluding hydrogens is 256 g/mol. The lowest BCUT2D eigenvalue weighted by molar-refractivity contribution is -0.275. The zero-order chi connectivity index (χ0) is 13.2. The Hall–Kier alpha value is -1.80. The molecule has 0 aromatic carbocycles. The van der Waals surface area contributed by atoms with Crippen LogP contribution in [0, 0.1) is 5.95 Å². The van der Waals surface area contributed by atoms with Crippen molar-refractivity contribution in [3.63, 3.8) is 0 Å². The number of pyridine rings is 1. The number of aldehydes is 1. The summed E-state index contributed by atoms with van der Waals surface area (Å²) in [5.41, 5.74) is -2.57. The monoisotopic (exact) mass is 259 g/mol. The number of carbonyl (C=O) groups excluding carboxylic acids is 1. The predicted octanol–water partition coefficient (Wildman–Crippen LogP) is 2.87. The van der Waals surface area contributed by atoms with Crippen molar-refractivity contribution in [2.75, 3.05) is 0 Å². The van der Waals surface area contributed by atoms with Gasteiger partial charge < -0.3 is 4.74 Å². The second kappa shape index (κ2) is 4.60. The highest BCUT2D eigenvalue weighted by molar-refractivity contribution is 5.77. The average molecular weight is 259 g/mol. The van der Waals surface area contributed by atoms with Crippen LogP contribution < -0.4 is 4.74 Å². The molecule has 1 aromatic rings. The van der Waals surface area contributed by atoms with Gasteiger partial charge in [-0.3, -0.25) is 4.79 Å². The van der Waals surface area contributed by atoms with E-state index in [0.717, 1.165) is 0 Å². The Labute approximate surface area is 90.0 Å². The van der Waals surface area contributed by atoms with Gasteiger partial charge in [-0.25, -0.2) is 13.8 Å². The first-order valence-electron chi connectivity index (χ1n) is 3.94. The third kappa shape index (κ3) is 3.33. The van der Waals surface area contributed by atoms with Crippen LogP contribution in [0.25, 0.3) is 0 Å². The summed E-state index contributed by atoms with van der Waals surface area (Å²) in [6.07, 6.45) is -9.04. The molecule has 94 valence electrons. The van der Waals surface area contributed by atoms with E-state index in [1.807, 2.05) is 0 Å². The number of aromatic nitrogens is 1. The Morgan fingerprint density at radius 3 is 2.35 bits per heavy atom. The third-order valence-corrected chi connectivity index (χ3v) is 1.56. The second-order valence-electron chi connectivity index (χ2n) is 2.71. The molecule has 0 amide bonds. The summed E-state index contributed by atoms with van der Waals surface area (Å²) in [4.78, 5) is 13.0. The van der Waals surface area contributed by atoms with Crippen molar-refractivity contribution in [2.24, 2.45) is 0 Å². The number of halogens is 6. The molecule has 0 aliphatic carbocycles. The maximum Gasteiger partial charge on any atom is 0.573 e. The number of alkyl halides is 5. The number of hydrogen-bond donors (Lipinski definition) is 0. The Bertz CT molecular complexity index is 431. The maximum absolute atomic E-state index is 12.6. The fraction of sp³-hybridized carbons (Fsp3) is 0.250. The largest absolute Gasteiger partial charge is 0.573 e. The predicted molar refractivity (Wildman–Crippen MR) is 41.2 cm³/mol. The first kappa shape index (κ1) is 13.3. The van der Waals surface area contributed by atoms with Gasteiger partial charge in [0.1, 0.15) is 5.69 Å². The standard InChI is InChI=1S/C8H3F6NO2/c9-5-1-3(7(10)11)6(4(2-16)15-5)17-8(12,13)14/h1-2,7H. The quantitative estimate of drug-likeness (QED) is 0.476. The highest BCUT2D eigenvalue weighted by Gasteiger charge is 2.35. The SMILES string of the molecule is O=Cc1nc(F)cc(C(F)F)c1OC(F)(F)F. The topological polar surface area (TPSA) is 39.2 Å². The van der Waals surface area contributed by atoms with E-state index >= 15 is 0 Å². The van der Waals surface area contributed by atoms with Crippen LogP contribution in [-0.4, -0.2) is 17.6 Å². The van der Waals surface area contributed by atoms with Crippen molar-refractivity contribution >= 4 is 6.29 Å². The van der Waals surface area contributed by atoms with Crippen LogP contribution in [0.5, 0.6) is 5.75 Å². The van der Waals surface area contributed by atoms with Gasteiger partial charge in [-0.1, -0.05) is 0 Å². The number of nitrogens with zero attached hydrogens (tertiary/aromatic N) is 1. The number of ether oxygens (including phenoxy) is 1. The number of rotatable bonds is 3. The van der Waals surface area contributed by atoms with Crippen LogP contribution in [0.3, 0.4) is 0 Å². The lowest BCUT2D eigenvalue weighted by Crippen LogP contribution is -2.20. The molecule has 0 fully saturated rings. The summed E-state index contributed by atoms with van der Waals surface area (Å²) in [6, 6.07) is 0.0682. The van der Waals surface area contributed by atoms with Gasteiger partial charge in [0.15, 0.2) is 12.0 Å². The Kier molecular flexibility index (Phi) is 3.59. The molecule has 3 nitrogen and oxygen atoms in total. The Morgan fingerprint density at radius 2 is 1.94 bits per heavy atom. The summed E-state index contributed by atoms with van der Waals surface area (Å²) in [6.45, 7) is 0. The molecule has 9 heteroatoms. The summed E-state index contributed by atoms with van der Waals surface area (Å²) in [5, 5.41) is 0. The van der Waals surface area contributed by atoms with Crippen molar-refractivity contribution in [3.8, 4) is 5.75 Å². The summed E-state index contributed by atoms with van der Waals surface area (Å²) >= 11 is 0. The second-order valence-corrected chi connectivity index (χ2v) is 2.71. The van der Waals surface area contributed by atoms with Crippen molar-refractivity contribution < 1.29 is 35.9 Å². The van der Waals surface area contributed by atoms with E-state index < -0.39 is 35.7 Å². The molecule has 0 aliphatic rings. The van der Waals surface area contributed by atoms with Crippen molar-refractivity contribution in [3.05, 3.63) is 23.3 Å². The van der Waals surface area contributed by atoms with Crippen molar-refractivity contribution in [1.29, 1.82) is 0 Å². The third-order valence-electron chi connectivity index (χ3n) is 1.56. The molecule has 0 saturated heterocycles. The molecule has 0 atom stereocenters. The maximum atomic E-state index is 12.6. The van der Waals surface area contributed by atoms with E-state index in [4.69, 9.17) is 0 Å². The summed E-state index contributed by atoms with van der Waals surface area (Å²) in [7, 11) is 0. The lowest BCUT2D eigenvalue weighted by atomic mass is 10.2. The number of hydrogen-bond acceptors (Lipinski definition) is 3. The molecule has 17 heavy (non-hydrogen) atoms. The fourth-order valence-corrected chi connectivity index (χ4v) is 1.01. The normalized spacial score (nSPS) is 11.7. The Balaban J connectivity index is 3.37. The van der Waals surface area contributed by atoms with Crippen LogP contribution in [0.2, 0.25) is 0 Å². The van der Waals surface area contributed by atoms with Crippen LogP contribution >= 0.6 is 0 Å². The first-order chi connectivity index (χ1) is 7.74. The molecule has 1 heterocycles. The first-order valence-corrected chi connectivity index (χ1v) is 3.94. The average Bonchev–Trinajstić information content (AvgIpc) is 2.17. The smallest absolute Gasteiger partial charge is 0.403 e. The van der Waals surface area contributed by atoms with Gasteiger partial charge in [0.05, 0.1) is 5.56 Å². The molecule has 0 bridgehead atoms. The van der Waals surface area contributed by atoms with E-state index in [9.17, 15) is 31.1 Å². The van der Waals surface area contributed by atoms with Gasteiger partial charge in [0.25, 0.3) is 6.43 Å². The summed E-state index contributed by atoms with van der Waals surface area (Å²) in [5.74, 6) is -3.00. The van der Waals surface area contributed by atoms with E-state index in [2.05, 4.69) is 9.72 Å². The minimum Gasteiger partial charge on any atom is -0.403 e. The van der Waals surface area contributed by atoms with Crippen molar-refractivity contribution in [2.45, 2.75) is 12.8 Å². The Morgan fingerprint density at radius 1 is 1.35 bits per heavy atom. The zero-order valence-electron chi connectivity index (χ0n) is 7.76. The molecule has 1 rings (SSSR count). The number of carbonyl (C=O) groups is 1. The summed E-state index contributed by atoms with van der Waals surface area (Å²) < 4.78 is 76.3. The molecule has 0 aliphatic heterocycles. The van der Waals surface area contributed by atoms with Gasteiger partial charge in [-0.05, 0) is 0 Å². The van der Waals surface area contributed by atoms with Crippen LogP contribution in [-0.2, 0) is 0 Å². The van der Waals surface area contributed by atoms with Gasteiger partial charge in [-0.2, -0.15) is 4.39 Å². The highest BCUT2D eigenvalue weighted by Crippen LogP contribution is 2.34. The van der Waals surface area contributed by atoms with Gasteiger partial charge in [-0.15, -0.1) is 13.2 Å². The highest BCUT2D eigenvalue weighted by atomic mass is 19.4. The molecule has 0 N–H and O–H groups in total. The molecule has 0 spiro atoms. The van der Waals surface area contributed by atoms with Crippen molar-refractivity contribution in [1.82, 2.24) is 4.98 Å². The molecule has 1 aromatic heterocycles. The van der Waals surface area contributed by atoms with Gasteiger partial charge in [0, 0.05) is 6.07 Å². The minimum absolute atomic E-state index is 0.0682. The zero-order valence-corrected chi connectivity index (χ0v) is 7.76. The van der Waals surface area contributed by atoms with Crippen LogP contribution in [0.15, 0.2) is 6.07 Å². The van der Waals surface area contributed by atoms with Gasteiger partial charge in [0.2, 0.25) is 5.95 Å². The molecule has 0 unspecified atom stereocenters. The van der Waals surface area contributed by atoms with E-state index in [0.29, 0.717) is 0 Å². The lowest BCUT2D eigenvalue weighted by Gasteiger charge is -2.14.